The molecule has 21 heavy (non-hydrogen) atoms. The minimum Gasteiger partial charge on any atom is -0.489 e. The topological polar surface area (TPSA) is 48.4 Å². The number of hydrogen-bond donors (Lipinski definition) is 0. The summed E-state index contributed by atoms with van der Waals surface area (Å²) in [6, 6.07) is 5.59. The molecule has 1 heterocycles. The van der Waals surface area contributed by atoms with Gasteiger partial charge in [-0.25, -0.2) is 14.2 Å². The number of ether oxygens (including phenoxy) is 2. The van der Waals surface area contributed by atoms with Gasteiger partial charge in [0.15, 0.2) is 5.69 Å². The summed E-state index contributed by atoms with van der Waals surface area (Å²) in [5, 5.41) is 0.518. The first-order valence-electron chi connectivity index (χ1n) is 6.46. The van der Waals surface area contributed by atoms with E-state index in [2.05, 4.69) is 9.72 Å². The Balaban J connectivity index is 2.49. The summed E-state index contributed by atoms with van der Waals surface area (Å²) in [6.45, 7) is 4.24. The zero-order valence-corrected chi connectivity index (χ0v) is 12.1. The van der Waals surface area contributed by atoms with Gasteiger partial charge in [0.05, 0.1) is 12.6 Å². The molecule has 0 aliphatic heterocycles. The summed E-state index contributed by atoms with van der Waals surface area (Å²) in [7, 11) is 1.28. The molecule has 0 atom stereocenters. The summed E-state index contributed by atoms with van der Waals surface area (Å²) in [4.78, 5) is 15.8. The van der Waals surface area contributed by atoms with Crippen molar-refractivity contribution in [2.45, 2.75) is 13.8 Å². The number of benzene rings is 1. The van der Waals surface area contributed by atoms with Crippen molar-refractivity contribution in [1.29, 1.82) is 0 Å². The highest BCUT2D eigenvalue weighted by Crippen LogP contribution is 2.26. The van der Waals surface area contributed by atoms with Crippen LogP contribution in [0, 0.1) is 5.82 Å². The standard InChI is InChI=1S/C16H16FNO3/c1-10(2)6-7-21-15-9-14(16(19)20-3)18-13-5-4-11(17)8-12(13)15/h4-6,8-9H,7H2,1-3H3. The Bertz CT molecular complexity index is 706. The lowest BCUT2D eigenvalue weighted by Gasteiger charge is -2.10. The monoisotopic (exact) mass is 289 g/mol. The van der Waals surface area contributed by atoms with E-state index in [1.54, 1.807) is 0 Å². The van der Waals surface area contributed by atoms with Crippen LogP contribution in [-0.2, 0) is 4.74 Å². The number of halogens is 1. The molecule has 5 heteroatoms. The Morgan fingerprint density at radius 3 is 2.76 bits per heavy atom. The first-order valence-corrected chi connectivity index (χ1v) is 6.46. The largest absolute Gasteiger partial charge is 0.489 e. The number of pyridine rings is 1. The first-order chi connectivity index (χ1) is 10.0. The lowest BCUT2D eigenvalue weighted by Crippen LogP contribution is -2.06. The van der Waals surface area contributed by atoms with Crippen molar-refractivity contribution in [3.8, 4) is 5.75 Å². The van der Waals surface area contributed by atoms with E-state index in [9.17, 15) is 9.18 Å². The normalized spacial score (nSPS) is 10.3. The van der Waals surface area contributed by atoms with Gasteiger partial charge in [-0.2, -0.15) is 0 Å². The molecular formula is C16H16FNO3. The van der Waals surface area contributed by atoms with Crippen molar-refractivity contribution in [2.75, 3.05) is 13.7 Å². The fraction of sp³-hybridized carbons (Fsp3) is 0.250. The van der Waals surface area contributed by atoms with E-state index in [-0.39, 0.29) is 11.5 Å². The lowest BCUT2D eigenvalue weighted by atomic mass is 10.1. The summed E-state index contributed by atoms with van der Waals surface area (Å²) < 4.78 is 23.7. The van der Waals surface area contributed by atoms with E-state index in [0.29, 0.717) is 23.3 Å². The Morgan fingerprint density at radius 1 is 1.33 bits per heavy atom. The van der Waals surface area contributed by atoms with E-state index < -0.39 is 5.97 Å². The number of aromatic nitrogens is 1. The van der Waals surface area contributed by atoms with Crippen LogP contribution in [0.2, 0.25) is 0 Å². The molecule has 4 nitrogen and oxygen atoms in total. The third-order valence-corrected chi connectivity index (χ3v) is 2.86. The minimum absolute atomic E-state index is 0.129. The smallest absolute Gasteiger partial charge is 0.356 e. The second-order valence-electron chi connectivity index (χ2n) is 4.75. The molecule has 110 valence electrons. The molecule has 2 aromatic rings. The van der Waals surface area contributed by atoms with Crippen LogP contribution in [0.25, 0.3) is 10.9 Å². The number of carbonyl (C=O) groups excluding carboxylic acids is 1. The number of nitrogens with zero attached hydrogens (tertiary/aromatic N) is 1. The summed E-state index contributed by atoms with van der Waals surface area (Å²) >= 11 is 0. The van der Waals surface area contributed by atoms with Gasteiger partial charge < -0.3 is 9.47 Å². The van der Waals surface area contributed by atoms with Gasteiger partial charge in [0, 0.05) is 11.5 Å². The molecule has 0 aliphatic carbocycles. The first kappa shape index (κ1) is 15.0. The SMILES string of the molecule is COC(=O)c1cc(OCC=C(C)C)c2cc(F)ccc2n1. The third kappa shape index (κ3) is 3.56. The van der Waals surface area contributed by atoms with Gasteiger partial charge in [0.25, 0.3) is 0 Å². The third-order valence-electron chi connectivity index (χ3n) is 2.86. The fourth-order valence-corrected chi connectivity index (χ4v) is 1.79. The zero-order valence-electron chi connectivity index (χ0n) is 12.1. The highest BCUT2D eigenvalue weighted by Gasteiger charge is 2.13. The van der Waals surface area contributed by atoms with Crippen LogP contribution in [0.15, 0.2) is 35.9 Å². The van der Waals surface area contributed by atoms with Crippen LogP contribution < -0.4 is 4.74 Å². The summed E-state index contributed by atoms with van der Waals surface area (Å²) in [5.74, 6) is -0.548. The van der Waals surface area contributed by atoms with Gasteiger partial charge in [-0.05, 0) is 38.1 Å². The molecule has 0 bridgehead atoms. The van der Waals surface area contributed by atoms with Crippen molar-refractivity contribution in [1.82, 2.24) is 4.98 Å². The Hall–Kier alpha value is -2.43. The number of esters is 1. The van der Waals surface area contributed by atoms with E-state index in [4.69, 9.17) is 4.74 Å². The molecule has 0 radical (unpaired) electrons. The second kappa shape index (κ2) is 6.35. The van der Waals surface area contributed by atoms with Gasteiger partial charge in [0.1, 0.15) is 18.2 Å². The van der Waals surface area contributed by atoms with E-state index >= 15 is 0 Å². The predicted octanol–water partition coefficient (Wildman–Crippen LogP) is 3.51. The second-order valence-corrected chi connectivity index (χ2v) is 4.75. The van der Waals surface area contributed by atoms with Crippen molar-refractivity contribution >= 4 is 16.9 Å². The zero-order chi connectivity index (χ0) is 15.4. The quantitative estimate of drug-likeness (QED) is 0.638. The van der Waals surface area contributed by atoms with Crippen molar-refractivity contribution in [3.63, 3.8) is 0 Å². The van der Waals surface area contributed by atoms with Gasteiger partial charge in [-0.3, -0.25) is 0 Å². The van der Waals surface area contributed by atoms with E-state index in [1.165, 1.54) is 31.4 Å². The molecule has 1 aromatic carbocycles. The molecular weight excluding hydrogens is 273 g/mol. The number of rotatable bonds is 4. The maximum Gasteiger partial charge on any atom is 0.356 e. The highest BCUT2D eigenvalue weighted by molar-refractivity contribution is 5.94. The van der Waals surface area contributed by atoms with E-state index in [1.807, 2.05) is 19.9 Å². The average Bonchev–Trinajstić information content (AvgIpc) is 2.46. The Kier molecular flexibility index (Phi) is 4.52. The molecule has 0 saturated carbocycles. The Labute approximate surface area is 122 Å². The minimum atomic E-state index is -0.562. The number of carbonyl (C=O) groups is 1. The molecule has 0 unspecified atom stereocenters. The van der Waals surface area contributed by atoms with Gasteiger partial charge in [-0.1, -0.05) is 5.57 Å². The fourth-order valence-electron chi connectivity index (χ4n) is 1.79. The number of fused-ring (bicyclic) bond motifs is 1. The summed E-state index contributed by atoms with van der Waals surface area (Å²) in [5.41, 5.74) is 1.71. The molecule has 0 fully saturated rings. The van der Waals surface area contributed by atoms with Crippen LogP contribution in [0.4, 0.5) is 4.39 Å². The molecule has 0 N–H and O–H groups in total. The molecule has 0 aliphatic rings. The van der Waals surface area contributed by atoms with Crippen LogP contribution in [0.3, 0.4) is 0 Å². The molecule has 0 saturated heterocycles. The summed E-state index contributed by atoms with van der Waals surface area (Å²) in [6.07, 6.45) is 1.89. The maximum absolute atomic E-state index is 13.4. The maximum atomic E-state index is 13.4. The van der Waals surface area contributed by atoms with Crippen LogP contribution in [0.5, 0.6) is 5.75 Å². The molecule has 0 amide bonds. The number of hydrogen-bond acceptors (Lipinski definition) is 4. The Morgan fingerprint density at radius 2 is 2.10 bits per heavy atom. The van der Waals surface area contributed by atoms with E-state index in [0.717, 1.165) is 5.57 Å². The van der Waals surface area contributed by atoms with Crippen LogP contribution >= 0.6 is 0 Å². The molecule has 2 rings (SSSR count). The molecule has 1 aromatic heterocycles. The number of allylic oxidation sites excluding steroid dienone is 1. The van der Waals surface area contributed by atoms with Crippen molar-refractivity contribution in [3.05, 3.63) is 47.4 Å². The molecule has 0 spiro atoms. The van der Waals surface area contributed by atoms with Crippen LogP contribution in [0.1, 0.15) is 24.3 Å². The van der Waals surface area contributed by atoms with Gasteiger partial charge in [0.2, 0.25) is 0 Å². The predicted molar refractivity (Wildman–Crippen MR) is 78.0 cm³/mol. The highest BCUT2D eigenvalue weighted by atomic mass is 19.1. The van der Waals surface area contributed by atoms with Crippen molar-refractivity contribution in [2.24, 2.45) is 0 Å². The lowest BCUT2D eigenvalue weighted by molar-refractivity contribution is 0.0594. The number of methoxy groups -OCH3 is 1. The van der Waals surface area contributed by atoms with Gasteiger partial charge in [-0.15, -0.1) is 0 Å². The van der Waals surface area contributed by atoms with Crippen molar-refractivity contribution < 1.29 is 18.7 Å². The van der Waals surface area contributed by atoms with Crippen LogP contribution in [-0.4, -0.2) is 24.7 Å². The average molecular weight is 289 g/mol. The van der Waals surface area contributed by atoms with Gasteiger partial charge >= 0.3 is 5.97 Å².